The highest BCUT2D eigenvalue weighted by atomic mass is 32.1. The molecule has 0 unspecified atom stereocenters. The van der Waals surface area contributed by atoms with Crippen LogP contribution in [-0.2, 0) is 0 Å². The van der Waals surface area contributed by atoms with Crippen LogP contribution in [0.4, 0.5) is 0 Å². The fourth-order valence-electron chi connectivity index (χ4n) is 1.10. The summed E-state index contributed by atoms with van der Waals surface area (Å²) in [6.45, 7) is 1.91. The van der Waals surface area contributed by atoms with Gasteiger partial charge in [0.2, 0.25) is 0 Å². The topological polar surface area (TPSA) is 28.9 Å². The molecule has 0 aromatic carbocycles. The van der Waals surface area contributed by atoms with Crippen molar-refractivity contribution in [2.45, 2.75) is 6.92 Å². The van der Waals surface area contributed by atoms with Crippen molar-refractivity contribution in [1.82, 2.24) is 4.98 Å². The van der Waals surface area contributed by atoms with E-state index in [9.17, 15) is 0 Å². The van der Waals surface area contributed by atoms with Crippen LogP contribution in [0.1, 0.15) is 5.76 Å². The van der Waals surface area contributed by atoms with Crippen molar-refractivity contribution in [2.75, 3.05) is 0 Å². The van der Waals surface area contributed by atoms with E-state index >= 15 is 0 Å². The van der Waals surface area contributed by atoms with Gasteiger partial charge in [0.05, 0.1) is 5.39 Å². The lowest BCUT2D eigenvalue weighted by atomic mass is 10.3. The van der Waals surface area contributed by atoms with Crippen LogP contribution in [-0.4, -0.2) is 4.98 Å². The van der Waals surface area contributed by atoms with E-state index in [1.807, 2.05) is 19.1 Å². The molecule has 11 heavy (non-hydrogen) atoms. The summed E-state index contributed by atoms with van der Waals surface area (Å²) < 4.78 is 6.10. The Labute approximate surface area is 68.9 Å². The van der Waals surface area contributed by atoms with Gasteiger partial charge in [0.1, 0.15) is 16.0 Å². The summed E-state index contributed by atoms with van der Waals surface area (Å²) in [7, 11) is 0. The van der Waals surface area contributed by atoms with Gasteiger partial charge in [-0.25, -0.2) is 0 Å². The Balaban J connectivity index is 3.02. The largest absolute Gasteiger partial charge is 0.461 e. The third-order valence-corrected chi connectivity index (χ3v) is 1.92. The van der Waals surface area contributed by atoms with Crippen molar-refractivity contribution in [3.63, 3.8) is 0 Å². The standard InChI is InChI=1S/C8H7NOS/c1-5-4-6-7(10-5)2-3-9-8(6)11/h2-4H,1H3,(H,9,11). The molecule has 1 N–H and O–H groups in total. The lowest BCUT2D eigenvalue weighted by Crippen LogP contribution is -1.70. The van der Waals surface area contributed by atoms with E-state index < -0.39 is 0 Å². The number of furan rings is 1. The second-order valence-electron chi connectivity index (χ2n) is 2.44. The van der Waals surface area contributed by atoms with Gasteiger partial charge in [-0.2, -0.15) is 0 Å². The zero-order chi connectivity index (χ0) is 7.84. The first-order valence-corrected chi connectivity index (χ1v) is 3.76. The van der Waals surface area contributed by atoms with Gasteiger partial charge >= 0.3 is 0 Å². The number of H-pyrrole nitrogens is 1. The molecule has 0 fully saturated rings. The lowest BCUT2D eigenvalue weighted by Gasteiger charge is -1.85. The zero-order valence-electron chi connectivity index (χ0n) is 6.05. The first-order valence-electron chi connectivity index (χ1n) is 3.35. The van der Waals surface area contributed by atoms with E-state index in [2.05, 4.69) is 4.98 Å². The van der Waals surface area contributed by atoms with Crippen LogP contribution >= 0.6 is 12.2 Å². The molecule has 0 aliphatic rings. The summed E-state index contributed by atoms with van der Waals surface area (Å²) in [5, 5.41) is 0.986. The van der Waals surface area contributed by atoms with Gasteiger partial charge in [-0.3, -0.25) is 0 Å². The Bertz CT molecular complexity index is 441. The number of fused-ring (bicyclic) bond motifs is 1. The van der Waals surface area contributed by atoms with Gasteiger partial charge in [0.15, 0.2) is 0 Å². The molecule has 0 radical (unpaired) electrons. The molecular formula is C8H7NOS. The zero-order valence-corrected chi connectivity index (χ0v) is 6.87. The molecule has 2 heterocycles. The fourth-order valence-corrected chi connectivity index (χ4v) is 1.33. The van der Waals surface area contributed by atoms with Crippen LogP contribution in [0.25, 0.3) is 11.0 Å². The van der Waals surface area contributed by atoms with Crippen LogP contribution in [0.15, 0.2) is 22.7 Å². The van der Waals surface area contributed by atoms with Gasteiger partial charge < -0.3 is 9.40 Å². The molecule has 0 saturated heterocycles. The third-order valence-electron chi connectivity index (χ3n) is 1.58. The van der Waals surface area contributed by atoms with Gasteiger partial charge in [-0.05, 0) is 19.1 Å². The van der Waals surface area contributed by atoms with Gasteiger partial charge in [0.25, 0.3) is 0 Å². The number of nitrogens with one attached hydrogen (secondary N) is 1. The van der Waals surface area contributed by atoms with Crippen molar-refractivity contribution in [1.29, 1.82) is 0 Å². The maximum Gasteiger partial charge on any atom is 0.138 e. The maximum absolute atomic E-state index is 5.36. The minimum absolute atomic E-state index is 0.736. The first-order chi connectivity index (χ1) is 5.27. The Morgan fingerprint density at radius 3 is 3.09 bits per heavy atom. The molecular weight excluding hydrogens is 158 g/mol. The number of rotatable bonds is 0. The monoisotopic (exact) mass is 165 g/mol. The minimum atomic E-state index is 0.736. The normalized spacial score (nSPS) is 10.6. The second kappa shape index (κ2) is 2.20. The molecule has 0 aliphatic heterocycles. The number of hydrogen-bond acceptors (Lipinski definition) is 2. The molecule has 0 aliphatic carbocycles. The summed E-state index contributed by atoms with van der Waals surface area (Å²) in [6.07, 6.45) is 1.79. The number of aromatic nitrogens is 1. The SMILES string of the molecule is Cc1cc2c(=S)[nH]ccc2o1. The minimum Gasteiger partial charge on any atom is -0.461 e. The Morgan fingerprint density at radius 1 is 1.55 bits per heavy atom. The fraction of sp³-hybridized carbons (Fsp3) is 0.125. The highest BCUT2D eigenvalue weighted by Gasteiger charge is 1.99. The molecule has 2 nitrogen and oxygen atoms in total. The molecule has 0 spiro atoms. The molecule has 0 amide bonds. The first kappa shape index (κ1) is 6.61. The van der Waals surface area contributed by atoms with E-state index in [-0.39, 0.29) is 0 Å². The number of pyridine rings is 1. The number of aryl methyl sites for hydroxylation is 1. The molecule has 0 saturated carbocycles. The number of hydrogen-bond donors (Lipinski definition) is 1. The second-order valence-corrected chi connectivity index (χ2v) is 2.85. The average Bonchev–Trinajstić information content (AvgIpc) is 2.31. The van der Waals surface area contributed by atoms with Crippen LogP contribution in [0.2, 0.25) is 0 Å². The Hall–Kier alpha value is -1.09. The van der Waals surface area contributed by atoms with Crippen LogP contribution in [0.3, 0.4) is 0 Å². The van der Waals surface area contributed by atoms with E-state index in [1.54, 1.807) is 6.20 Å². The highest BCUT2D eigenvalue weighted by molar-refractivity contribution is 7.71. The van der Waals surface area contributed by atoms with Crippen molar-refractivity contribution >= 4 is 23.2 Å². The Kier molecular flexibility index (Phi) is 1.32. The van der Waals surface area contributed by atoms with Crippen LogP contribution in [0.5, 0.6) is 0 Å². The predicted molar refractivity (Wildman–Crippen MR) is 46.1 cm³/mol. The maximum atomic E-state index is 5.36. The average molecular weight is 165 g/mol. The third kappa shape index (κ3) is 0.973. The summed E-state index contributed by atoms with van der Waals surface area (Å²) in [5.74, 6) is 0.894. The molecule has 3 heteroatoms. The summed E-state index contributed by atoms with van der Waals surface area (Å²) in [4.78, 5) is 2.94. The van der Waals surface area contributed by atoms with Crippen LogP contribution in [0, 0.1) is 11.6 Å². The van der Waals surface area contributed by atoms with Gasteiger partial charge in [-0.1, -0.05) is 12.2 Å². The highest BCUT2D eigenvalue weighted by Crippen LogP contribution is 2.17. The lowest BCUT2D eigenvalue weighted by molar-refractivity contribution is 0.578. The van der Waals surface area contributed by atoms with Gasteiger partial charge in [0, 0.05) is 6.20 Å². The molecule has 2 aromatic heterocycles. The Morgan fingerprint density at radius 2 is 2.36 bits per heavy atom. The van der Waals surface area contributed by atoms with E-state index in [0.717, 1.165) is 21.4 Å². The number of aromatic amines is 1. The van der Waals surface area contributed by atoms with E-state index in [4.69, 9.17) is 16.6 Å². The van der Waals surface area contributed by atoms with Gasteiger partial charge in [-0.15, -0.1) is 0 Å². The van der Waals surface area contributed by atoms with Crippen molar-refractivity contribution in [2.24, 2.45) is 0 Å². The predicted octanol–water partition coefficient (Wildman–Crippen LogP) is 2.80. The molecule has 2 aromatic rings. The van der Waals surface area contributed by atoms with E-state index in [1.165, 1.54) is 0 Å². The molecule has 0 atom stereocenters. The summed E-state index contributed by atoms with van der Waals surface area (Å²) >= 11 is 5.05. The van der Waals surface area contributed by atoms with E-state index in [0.29, 0.717) is 0 Å². The molecule has 56 valence electrons. The van der Waals surface area contributed by atoms with Crippen molar-refractivity contribution in [3.8, 4) is 0 Å². The molecule has 0 bridgehead atoms. The van der Waals surface area contributed by atoms with Crippen molar-refractivity contribution in [3.05, 3.63) is 28.7 Å². The summed E-state index contributed by atoms with van der Waals surface area (Å²) in [5.41, 5.74) is 0.853. The molecule has 2 rings (SSSR count). The van der Waals surface area contributed by atoms with Crippen molar-refractivity contribution < 1.29 is 4.42 Å². The summed E-state index contributed by atoms with van der Waals surface area (Å²) in [6, 6.07) is 3.81. The smallest absolute Gasteiger partial charge is 0.138 e. The quantitative estimate of drug-likeness (QED) is 0.608. The van der Waals surface area contributed by atoms with Crippen LogP contribution < -0.4 is 0 Å².